The largest absolute Gasteiger partial charge is 0.298 e. The molecule has 0 saturated heterocycles. The van der Waals surface area contributed by atoms with E-state index in [2.05, 4.69) is 4.98 Å². The second-order valence-corrected chi connectivity index (χ2v) is 2.72. The lowest BCUT2D eigenvalue weighted by Crippen LogP contribution is -2.04. The maximum Gasteiger partial charge on any atom is 0.265 e. The first-order valence-corrected chi connectivity index (χ1v) is 4.11. The first kappa shape index (κ1) is 11.0. The van der Waals surface area contributed by atoms with Crippen molar-refractivity contribution in [2.24, 2.45) is 0 Å². The summed E-state index contributed by atoms with van der Waals surface area (Å²) < 4.78 is 37.7. The van der Waals surface area contributed by atoms with Crippen LogP contribution in [-0.4, -0.2) is 11.3 Å². The van der Waals surface area contributed by atoms with Crippen molar-refractivity contribution in [1.82, 2.24) is 4.98 Å². The number of carbonyl (C=O) groups is 1. The van der Waals surface area contributed by atoms with Gasteiger partial charge in [-0.05, 0) is 0 Å². The molecule has 0 aliphatic heterocycles. The summed E-state index contributed by atoms with van der Waals surface area (Å²) in [5.41, 5.74) is -1.44. The molecule has 14 heavy (non-hydrogen) atoms. The quantitative estimate of drug-likeness (QED) is 0.448. The van der Waals surface area contributed by atoms with E-state index >= 15 is 0 Å². The van der Waals surface area contributed by atoms with Crippen molar-refractivity contribution in [3.63, 3.8) is 0 Å². The molecule has 0 aromatic carbocycles. The van der Waals surface area contributed by atoms with Crippen molar-refractivity contribution in [1.29, 1.82) is 0 Å². The molecule has 0 fully saturated rings. The maximum atomic E-state index is 12.9. The summed E-state index contributed by atoms with van der Waals surface area (Å²) in [4.78, 5) is 13.5. The normalized spacial score (nSPS) is 10.6. The van der Waals surface area contributed by atoms with Crippen LogP contribution in [0.3, 0.4) is 0 Å². The molecule has 0 unspecified atom stereocenters. The standard InChI is InChI=1S/C8H5ClF3NO/c9-1-5-6(7(10)11)4(3-14)2-13-8(5)12/h2-3,7H,1H2. The Bertz CT molecular complexity index is 357. The second kappa shape index (κ2) is 4.41. The molecule has 6 heteroatoms. The Balaban J connectivity index is 3.43. The van der Waals surface area contributed by atoms with Crippen molar-refractivity contribution >= 4 is 17.9 Å². The van der Waals surface area contributed by atoms with Gasteiger partial charge in [0.15, 0.2) is 6.29 Å². The van der Waals surface area contributed by atoms with Crippen LogP contribution >= 0.6 is 11.6 Å². The van der Waals surface area contributed by atoms with Gasteiger partial charge in [0.25, 0.3) is 6.43 Å². The predicted molar refractivity (Wildman–Crippen MR) is 44.1 cm³/mol. The van der Waals surface area contributed by atoms with E-state index < -0.39 is 29.4 Å². The first-order chi connectivity index (χ1) is 6.61. The molecule has 2 nitrogen and oxygen atoms in total. The van der Waals surface area contributed by atoms with Gasteiger partial charge in [-0.2, -0.15) is 4.39 Å². The lowest BCUT2D eigenvalue weighted by Gasteiger charge is -2.08. The SMILES string of the molecule is O=Cc1cnc(F)c(CCl)c1C(F)F. The average molecular weight is 224 g/mol. The zero-order valence-corrected chi connectivity index (χ0v) is 7.56. The Morgan fingerprint density at radius 1 is 1.57 bits per heavy atom. The smallest absolute Gasteiger partial charge is 0.265 e. The molecule has 0 aliphatic rings. The number of halogens is 4. The molecule has 76 valence electrons. The highest BCUT2D eigenvalue weighted by Crippen LogP contribution is 2.27. The predicted octanol–water partition coefficient (Wildman–Crippen LogP) is 2.71. The van der Waals surface area contributed by atoms with Crippen LogP contribution < -0.4 is 0 Å². The average Bonchev–Trinajstić information content (AvgIpc) is 2.17. The van der Waals surface area contributed by atoms with Gasteiger partial charge in [-0.1, -0.05) is 0 Å². The van der Waals surface area contributed by atoms with E-state index in [1.807, 2.05) is 0 Å². The number of alkyl halides is 3. The summed E-state index contributed by atoms with van der Waals surface area (Å²) in [6, 6.07) is 0. The minimum atomic E-state index is -2.94. The van der Waals surface area contributed by atoms with Crippen LogP contribution in [0, 0.1) is 5.95 Å². The highest BCUT2D eigenvalue weighted by atomic mass is 35.5. The van der Waals surface area contributed by atoms with Crippen LogP contribution in [0.4, 0.5) is 13.2 Å². The van der Waals surface area contributed by atoms with E-state index in [-0.39, 0.29) is 11.8 Å². The highest BCUT2D eigenvalue weighted by molar-refractivity contribution is 6.17. The minimum absolute atomic E-state index is 0.198. The molecule has 0 saturated carbocycles. The summed E-state index contributed by atoms with van der Waals surface area (Å²) in [6.45, 7) is 0. The zero-order valence-electron chi connectivity index (χ0n) is 6.81. The third-order valence-electron chi connectivity index (χ3n) is 1.68. The Morgan fingerprint density at radius 2 is 2.21 bits per heavy atom. The van der Waals surface area contributed by atoms with E-state index in [0.29, 0.717) is 0 Å². The molecule has 0 atom stereocenters. The first-order valence-electron chi connectivity index (χ1n) is 3.58. The maximum absolute atomic E-state index is 12.9. The van der Waals surface area contributed by atoms with E-state index in [1.165, 1.54) is 0 Å². The fraction of sp³-hybridized carbons (Fsp3) is 0.250. The molecule has 0 amide bonds. The summed E-state index contributed by atoms with van der Waals surface area (Å²) in [5.74, 6) is -1.51. The lowest BCUT2D eigenvalue weighted by atomic mass is 10.1. The number of pyridine rings is 1. The molecule has 0 spiro atoms. The Kier molecular flexibility index (Phi) is 3.46. The monoisotopic (exact) mass is 223 g/mol. The lowest BCUT2D eigenvalue weighted by molar-refractivity contribution is 0.110. The molecule has 0 N–H and O–H groups in total. The van der Waals surface area contributed by atoms with E-state index in [9.17, 15) is 18.0 Å². The van der Waals surface area contributed by atoms with Crippen LogP contribution in [0.15, 0.2) is 6.20 Å². The third-order valence-corrected chi connectivity index (χ3v) is 1.95. The summed E-state index contributed by atoms with van der Waals surface area (Å²) in [7, 11) is 0. The number of aromatic nitrogens is 1. The van der Waals surface area contributed by atoms with Crippen LogP contribution in [0.5, 0.6) is 0 Å². The Hall–Kier alpha value is -1.10. The van der Waals surface area contributed by atoms with Gasteiger partial charge in [-0.3, -0.25) is 4.79 Å². The van der Waals surface area contributed by atoms with Gasteiger partial charge >= 0.3 is 0 Å². The van der Waals surface area contributed by atoms with E-state index in [0.717, 1.165) is 6.20 Å². The van der Waals surface area contributed by atoms with Crippen molar-refractivity contribution in [3.8, 4) is 0 Å². The van der Waals surface area contributed by atoms with Crippen molar-refractivity contribution in [2.45, 2.75) is 12.3 Å². The Morgan fingerprint density at radius 3 is 2.64 bits per heavy atom. The van der Waals surface area contributed by atoms with Gasteiger partial charge < -0.3 is 0 Å². The molecular formula is C8H5ClF3NO. The molecule has 1 aromatic rings. The number of nitrogens with zero attached hydrogens (tertiary/aromatic N) is 1. The Labute approximate surface area is 82.7 Å². The highest BCUT2D eigenvalue weighted by Gasteiger charge is 2.21. The number of carbonyl (C=O) groups excluding carboxylic acids is 1. The second-order valence-electron chi connectivity index (χ2n) is 2.45. The van der Waals surface area contributed by atoms with Gasteiger partial charge in [0.1, 0.15) is 0 Å². The van der Waals surface area contributed by atoms with Crippen LogP contribution in [0.2, 0.25) is 0 Å². The van der Waals surface area contributed by atoms with Crippen molar-refractivity contribution in [2.75, 3.05) is 0 Å². The van der Waals surface area contributed by atoms with Crippen LogP contribution in [0.25, 0.3) is 0 Å². The van der Waals surface area contributed by atoms with Gasteiger partial charge in [0, 0.05) is 22.9 Å². The summed E-state index contributed by atoms with van der Waals surface area (Å²) in [5, 5.41) is 0. The number of hydrogen-bond acceptors (Lipinski definition) is 2. The third kappa shape index (κ3) is 1.87. The molecule has 1 aromatic heterocycles. The van der Waals surface area contributed by atoms with Gasteiger partial charge in [-0.15, -0.1) is 11.6 Å². The molecule has 1 rings (SSSR count). The van der Waals surface area contributed by atoms with E-state index in [4.69, 9.17) is 11.6 Å². The fourth-order valence-corrected chi connectivity index (χ4v) is 1.29. The molecule has 1 heterocycles. The molecule has 0 radical (unpaired) electrons. The van der Waals surface area contributed by atoms with Gasteiger partial charge in [0.05, 0.1) is 5.88 Å². The van der Waals surface area contributed by atoms with Crippen molar-refractivity contribution in [3.05, 3.63) is 28.8 Å². The fourth-order valence-electron chi connectivity index (χ4n) is 1.04. The van der Waals surface area contributed by atoms with Crippen LogP contribution in [0.1, 0.15) is 27.9 Å². The van der Waals surface area contributed by atoms with Crippen molar-refractivity contribution < 1.29 is 18.0 Å². The number of rotatable bonds is 3. The molecule has 0 bridgehead atoms. The topological polar surface area (TPSA) is 30.0 Å². The van der Waals surface area contributed by atoms with Crippen LogP contribution in [-0.2, 0) is 5.88 Å². The number of hydrogen-bond donors (Lipinski definition) is 0. The molecule has 0 aliphatic carbocycles. The summed E-state index contributed by atoms with van der Waals surface area (Å²) in [6.07, 6.45) is -1.98. The van der Waals surface area contributed by atoms with Gasteiger partial charge in [0.2, 0.25) is 5.95 Å². The zero-order chi connectivity index (χ0) is 10.7. The molecular weight excluding hydrogens is 219 g/mol. The summed E-state index contributed by atoms with van der Waals surface area (Å²) >= 11 is 5.28. The van der Waals surface area contributed by atoms with Gasteiger partial charge in [-0.25, -0.2) is 13.8 Å². The van der Waals surface area contributed by atoms with E-state index in [1.54, 1.807) is 0 Å². The number of aldehydes is 1. The minimum Gasteiger partial charge on any atom is -0.298 e.